The summed E-state index contributed by atoms with van der Waals surface area (Å²) < 4.78 is 5.87. The van der Waals surface area contributed by atoms with E-state index in [1.807, 2.05) is 6.07 Å². The minimum atomic E-state index is 0.518. The van der Waals surface area contributed by atoms with E-state index >= 15 is 0 Å². The molecule has 1 saturated carbocycles. The smallest absolute Gasteiger partial charge is 0.0720 e. The predicted octanol–water partition coefficient (Wildman–Crippen LogP) is 4.08. The first-order valence-corrected chi connectivity index (χ1v) is 6.95. The number of rotatable bonds is 3. The van der Waals surface area contributed by atoms with Crippen LogP contribution in [0.3, 0.4) is 0 Å². The third-order valence-corrected chi connectivity index (χ3v) is 2.88. The lowest BCUT2D eigenvalue weighted by molar-refractivity contribution is 0.0169. The summed E-state index contributed by atoms with van der Waals surface area (Å²) in [6.07, 6.45) is 8.81. The zero-order valence-corrected chi connectivity index (χ0v) is 11.0. The fourth-order valence-electron chi connectivity index (χ4n) is 2.02. The second-order valence-corrected chi connectivity index (χ2v) is 4.06. The first-order valence-electron chi connectivity index (χ1n) is 6.05. The van der Waals surface area contributed by atoms with E-state index < -0.39 is 0 Å². The maximum absolute atomic E-state index is 5.87. The Morgan fingerprint density at radius 3 is 2.31 bits per heavy atom. The van der Waals surface area contributed by atoms with Gasteiger partial charge in [-0.2, -0.15) is 12.6 Å². The van der Waals surface area contributed by atoms with Crippen LogP contribution in [-0.4, -0.2) is 12.4 Å². The fourth-order valence-corrected chi connectivity index (χ4v) is 2.02. The molecule has 0 aliphatic heterocycles. The van der Waals surface area contributed by atoms with Crippen LogP contribution in [0, 0.1) is 0 Å². The molecule has 0 spiro atoms. The van der Waals surface area contributed by atoms with Crippen LogP contribution in [-0.2, 0) is 11.3 Å². The van der Waals surface area contributed by atoms with Gasteiger partial charge < -0.3 is 4.74 Å². The highest BCUT2D eigenvalue weighted by Crippen LogP contribution is 2.21. The summed E-state index contributed by atoms with van der Waals surface area (Å²) in [4.78, 5) is 0. The number of benzene rings is 1. The molecule has 0 bridgehead atoms. The molecule has 1 aliphatic carbocycles. The van der Waals surface area contributed by atoms with E-state index in [1.54, 1.807) is 6.26 Å². The molecule has 1 aromatic rings. The molecule has 0 saturated heterocycles. The largest absolute Gasteiger partial charge is 0.374 e. The van der Waals surface area contributed by atoms with E-state index in [1.165, 1.54) is 37.7 Å². The van der Waals surface area contributed by atoms with Crippen molar-refractivity contribution in [1.29, 1.82) is 0 Å². The molecule has 0 aromatic heterocycles. The molecule has 0 unspecified atom stereocenters. The highest BCUT2D eigenvalue weighted by molar-refractivity contribution is 7.79. The van der Waals surface area contributed by atoms with Crippen molar-refractivity contribution >= 4 is 12.6 Å². The maximum atomic E-state index is 5.87. The summed E-state index contributed by atoms with van der Waals surface area (Å²) in [7, 11) is 0. The van der Waals surface area contributed by atoms with Gasteiger partial charge in [0.05, 0.1) is 12.7 Å². The number of thiol groups is 1. The summed E-state index contributed by atoms with van der Waals surface area (Å²) in [6.45, 7) is 0.783. The monoisotopic (exact) mass is 238 g/mol. The molecule has 90 valence electrons. The van der Waals surface area contributed by atoms with Gasteiger partial charge in [0.1, 0.15) is 0 Å². The average Bonchev–Trinajstić information content (AvgIpc) is 2.41. The van der Waals surface area contributed by atoms with Gasteiger partial charge in [-0.3, -0.25) is 0 Å². The highest BCUT2D eigenvalue weighted by Gasteiger charge is 2.13. The van der Waals surface area contributed by atoms with E-state index in [0.29, 0.717) is 6.10 Å². The molecular weight excluding hydrogens is 216 g/mol. The van der Waals surface area contributed by atoms with Gasteiger partial charge in [-0.15, -0.1) is 0 Å². The molecule has 16 heavy (non-hydrogen) atoms. The van der Waals surface area contributed by atoms with E-state index in [2.05, 4.69) is 36.9 Å². The molecule has 0 heterocycles. The number of hydrogen-bond donors (Lipinski definition) is 1. The van der Waals surface area contributed by atoms with Crippen LogP contribution in [0.4, 0.5) is 0 Å². The topological polar surface area (TPSA) is 9.23 Å². The Balaban J connectivity index is 0.000000606. The lowest BCUT2D eigenvalue weighted by Gasteiger charge is -2.21. The summed E-state index contributed by atoms with van der Waals surface area (Å²) in [5.74, 6) is 0. The number of ether oxygens (including phenoxy) is 1. The van der Waals surface area contributed by atoms with Gasteiger partial charge in [-0.1, -0.05) is 49.6 Å². The van der Waals surface area contributed by atoms with Gasteiger partial charge in [-0.25, -0.2) is 0 Å². The molecule has 1 aromatic carbocycles. The van der Waals surface area contributed by atoms with E-state index in [0.717, 1.165) is 6.61 Å². The van der Waals surface area contributed by atoms with Crippen LogP contribution in [0.2, 0.25) is 0 Å². The first kappa shape index (κ1) is 13.6. The van der Waals surface area contributed by atoms with Gasteiger partial charge in [-0.05, 0) is 24.7 Å². The van der Waals surface area contributed by atoms with Crippen molar-refractivity contribution < 1.29 is 4.74 Å². The molecular formula is C14H22OS. The van der Waals surface area contributed by atoms with Crippen molar-refractivity contribution in [3.05, 3.63) is 35.9 Å². The van der Waals surface area contributed by atoms with E-state index in [-0.39, 0.29) is 0 Å². The van der Waals surface area contributed by atoms with Gasteiger partial charge >= 0.3 is 0 Å². The molecule has 0 radical (unpaired) electrons. The van der Waals surface area contributed by atoms with Gasteiger partial charge in [0.25, 0.3) is 0 Å². The second kappa shape index (κ2) is 8.66. The normalized spacial score (nSPS) is 16.4. The van der Waals surface area contributed by atoms with E-state index in [4.69, 9.17) is 4.74 Å². The van der Waals surface area contributed by atoms with Gasteiger partial charge in [0.15, 0.2) is 0 Å². The predicted molar refractivity (Wildman–Crippen MR) is 73.0 cm³/mol. The molecule has 2 heteroatoms. The Hall–Kier alpha value is -0.470. The third-order valence-electron chi connectivity index (χ3n) is 2.88. The van der Waals surface area contributed by atoms with Crippen LogP contribution < -0.4 is 0 Å². The maximum Gasteiger partial charge on any atom is 0.0720 e. The Labute approximate surface area is 105 Å². The first-order chi connectivity index (χ1) is 7.95. The standard InChI is InChI=1S/C13H18O.CH4S/c1-3-7-12(8-4-1)11-14-13-9-5-2-6-10-13;1-2/h1,3-4,7-8,13H,2,5-6,9-11H2;2H,1H3. The molecule has 1 aliphatic rings. The average molecular weight is 238 g/mol. The van der Waals surface area contributed by atoms with Gasteiger partial charge in [0.2, 0.25) is 0 Å². The van der Waals surface area contributed by atoms with Crippen molar-refractivity contribution in [2.45, 2.75) is 44.8 Å². The fraction of sp³-hybridized carbons (Fsp3) is 0.571. The minimum absolute atomic E-state index is 0.518. The molecule has 1 nitrogen and oxygen atoms in total. The van der Waals surface area contributed by atoms with Gasteiger partial charge in [0, 0.05) is 0 Å². The van der Waals surface area contributed by atoms with E-state index in [9.17, 15) is 0 Å². The molecule has 0 amide bonds. The molecule has 0 N–H and O–H groups in total. The lowest BCUT2D eigenvalue weighted by atomic mass is 9.98. The summed E-state index contributed by atoms with van der Waals surface area (Å²) in [5, 5.41) is 0. The number of hydrogen-bond acceptors (Lipinski definition) is 2. The zero-order valence-electron chi connectivity index (χ0n) is 10.1. The molecule has 0 atom stereocenters. The molecule has 2 rings (SSSR count). The SMILES string of the molecule is CS.c1ccc(COC2CCCCC2)cc1. The second-order valence-electron chi connectivity index (χ2n) is 4.06. The lowest BCUT2D eigenvalue weighted by Crippen LogP contribution is -2.16. The van der Waals surface area contributed by atoms with Crippen LogP contribution in [0.15, 0.2) is 30.3 Å². The Kier molecular flexibility index (Phi) is 7.35. The van der Waals surface area contributed by atoms with Crippen molar-refractivity contribution in [3.8, 4) is 0 Å². The Bertz CT molecular complexity index is 255. The van der Waals surface area contributed by atoms with Crippen LogP contribution in [0.1, 0.15) is 37.7 Å². The van der Waals surface area contributed by atoms with Crippen molar-refractivity contribution in [2.75, 3.05) is 6.26 Å². The summed E-state index contributed by atoms with van der Waals surface area (Å²) in [5.41, 5.74) is 1.29. The molecule has 1 fully saturated rings. The summed E-state index contributed by atoms with van der Waals surface area (Å²) >= 11 is 3.53. The Morgan fingerprint density at radius 1 is 1.06 bits per heavy atom. The van der Waals surface area contributed by atoms with Crippen molar-refractivity contribution in [2.24, 2.45) is 0 Å². The van der Waals surface area contributed by atoms with Crippen molar-refractivity contribution in [3.63, 3.8) is 0 Å². The summed E-state index contributed by atoms with van der Waals surface area (Å²) in [6, 6.07) is 10.4. The quantitative estimate of drug-likeness (QED) is 0.781. The minimum Gasteiger partial charge on any atom is -0.374 e. The highest BCUT2D eigenvalue weighted by atomic mass is 32.1. The van der Waals surface area contributed by atoms with Crippen LogP contribution >= 0.6 is 12.6 Å². The van der Waals surface area contributed by atoms with Crippen molar-refractivity contribution in [1.82, 2.24) is 0 Å². The van der Waals surface area contributed by atoms with Crippen LogP contribution in [0.25, 0.3) is 0 Å². The third kappa shape index (κ3) is 5.04. The van der Waals surface area contributed by atoms with Crippen LogP contribution in [0.5, 0.6) is 0 Å². The Morgan fingerprint density at radius 2 is 1.69 bits per heavy atom. The zero-order chi connectivity index (χ0) is 11.6.